The van der Waals surface area contributed by atoms with Gasteiger partial charge in [0.1, 0.15) is 5.69 Å². The van der Waals surface area contributed by atoms with Crippen molar-refractivity contribution in [3.63, 3.8) is 0 Å². The molecule has 1 saturated heterocycles. The van der Waals surface area contributed by atoms with E-state index in [1.807, 2.05) is 11.9 Å². The molecule has 1 amide bonds. The zero-order valence-electron chi connectivity index (χ0n) is 11.2. The summed E-state index contributed by atoms with van der Waals surface area (Å²) in [5.41, 5.74) is 6.84. The molecule has 1 saturated carbocycles. The van der Waals surface area contributed by atoms with Gasteiger partial charge in [0.15, 0.2) is 0 Å². The third-order valence-electron chi connectivity index (χ3n) is 4.48. The first kappa shape index (κ1) is 14.3. The van der Waals surface area contributed by atoms with Crippen molar-refractivity contribution in [2.45, 2.75) is 25.3 Å². The second kappa shape index (κ2) is 5.51. The van der Waals surface area contributed by atoms with E-state index >= 15 is 0 Å². The van der Waals surface area contributed by atoms with Crippen LogP contribution in [0.5, 0.6) is 0 Å². The lowest BCUT2D eigenvalue weighted by Crippen LogP contribution is -2.38. The molecule has 1 aliphatic carbocycles. The molecule has 1 aromatic rings. The van der Waals surface area contributed by atoms with E-state index in [2.05, 4.69) is 5.10 Å². The number of nitrogens with two attached hydrogens (primary N) is 1. The summed E-state index contributed by atoms with van der Waals surface area (Å²) in [6.07, 6.45) is 5.20. The molecule has 1 aliphatic heterocycles. The van der Waals surface area contributed by atoms with Crippen molar-refractivity contribution < 1.29 is 4.79 Å². The van der Waals surface area contributed by atoms with Crippen LogP contribution in [0, 0.1) is 11.8 Å². The lowest BCUT2D eigenvalue weighted by Gasteiger charge is -2.29. The van der Waals surface area contributed by atoms with Crippen LogP contribution in [-0.2, 0) is 7.05 Å². The normalized spacial score (nSPS) is 29.8. The van der Waals surface area contributed by atoms with Crippen molar-refractivity contribution in [1.29, 1.82) is 0 Å². The highest BCUT2D eigenvalue weighted by Gasteiger charge is 2.40. The summed E-state index contributed by atoms with van der Waals surface area (Å²) >= 11 is 0. The smallest absolute Gasteiger partial charge is 0.272 e. The molecule has 3 rings (SSSR count). The van der Waals surface area contributed by atoms with Gasteiger partial charge in [-0.05, 0) is 30.7 Å². The molecule has 2 N–H and O–H groups in total. The Kier molecular flexibility index (Phi) is 4.16. The summed E-state index contributed by atoms with van der Waals surface area (Å²) in [4.78, 5) is 14.4. The Labute approximate surface area is 119 Å². The highest BCUT2D eigenvalue weighted by atomic mass is 35.5. The van der Waals surface area contributed by atoms with Crippen LogP contribution in [0.4, 0.5) is 0 Å². The molecule has 1 aromatic heterocycles. The highest BCUT2D eigenvalue weighted by molar-refractivity contribution is 5.92. The second-order valence-electron chi connectivity index (χ2n) is 5.57. The summed E-state index contributed by atoms with van der Waals surface area (Å²) in [7, 11) is 1.81. The lowest BCUT2D eigenvalue weighted by atomic mass is 9.78. The zero-order valence-corrected chi connectivity index (χ0v) is 12.0. The Morgan fingerprint density at radius 3 is 2.84 bits per heavy atom. The molecule has 19 heavy (non-hydrogen) atoms. The Morgan fingerprint density at radius 1 is 1.42 bits per heavy atom. The van der Waals surface area contributed by atoms with E-state index in [0.29, 0.717) is 17.5 Å². The molecule has 5 nitrogen and oxygen atoms in total. The average Bonchev–Trinajstić information content (AvgIpc) is 2.95. The Morgan fingerprint density at radius 2 is 2.21 bits per heavy atom. The number of hydrogen-bond donors (Lipinski definition) is 1. The van der Waals surface area contributed by atoms with Crippen molar-refractivity contribution in [3.8, 4) is 0 Å². The minimum atomic E-state index is 0. The molecular weight excluding hydrogens is 264 g/mol. The van der Waals surface area contributed by atoms with Crippen LogP contribution < -0.4 is 5.73 Å². The monoisotopic (exact) mass is 284 g/mol. The van der Waals surface area contributed by atoms with Crippen molar-refractivity contribution in [3.05, 3.63) is 18.0 Å². The van der Waals surface area contributed by atoms with Crippen molar-refractivity contribution in [2.24, 2.45) is 24.6 Å². The SMILES string of the molecule is Cl.Cn1nccc1C(=O)N1CC2CCCC(N)C2C1. The zero-order chi connectivity index (χ0) is 12.7. The van der Waals surface area contributed by atoms with Gasteiger partial charge < -0.3 is 10.6 Å². The molecule has 2 aliphatic rings. The number of likely N-dealkylation sites (tertiary alicyclic amines) is 1. The molecule has 0 radical (unpaired) electrons. The van der Waals surface area contributed by atoms with Gasteiger partial charge >= 0.3 is 0 Å². The molecule has 2 fully saturated rings. The number of amides is 1. The van der Waals surface area contributed by atoms with Crippen LogP contribution in [-0.4, -0.2) is 39.7 Å². The molecule has 2 heterocycles. The first-order valence-electron chi connectivity index (χ1n) is 6.69. The predicted molar refractivity (Wildman–Crippen MR) is 75.2 cm³/mol. The van der Waals surface area contributed by atoms with Crippen molar-refractivity contribution in [1.82, 2.24) is 14.7 Å². The van der Waals surface area contributed by atoms with Crippen LogP contribution in [0.1, 0.15) is 29.8 Å². The minimum absolute atomic E-state index is 0. The fraction of sp³-hybridized carbons (Fsp3) is 0.692. The maximum Gasteiger partial charge on any atom is 0.272 e. The summed E-state index contributed by atoms with van der Waals surface area (Å²) in [6.45, 7) is 1.68. The number of halogens is 1. The Hall–Kier alpha value is -1.07. The fourth-order valence-corrected chi connectivity index (χ4v) is 3.43. The van der Waals surface area contributed by atoms with Crippen LogP contribution in [0.25, 0.3) is 0 Å². The van der Waals surface area contributed by atoms with Gasteiger partial charge in [0.2, 0.25) is 0 Å². The van der Waals surface area contributed by atoms with Crippen LogP contribution in [0.15, 0.2) is 12.3 Å². The maximum absolute atomic E-state index is 12.4. The molecule has 3 unspecified atom stereocenters. The quantitative estimate of drug-likeness (QED) is 0.838. The number of fused-ring (bicyclic) bond motifs is 1. The van der Waals surface area contributed by atoms with Crippen LogP contribution in [0.3, 0.4) is 0 Å². The fourth-order valence-electron chi connectivity index (χ4n) is 3.43. The maximum atomic E-state index is 12.4. The number of rotatable bonds is 1. The van der Waals surface area contributed by atoms with Gasteiger partial charge in [-0.2, -0.15) is 5.10 Å². The number of carbonyl (C=O) groups excluding carboxylic acids is 1. The van der Waals surface area contributed by atoms with E-state index in [9.17, 15) is 4.79 Å². The molecule has 3 atom stereocenters. The molecular formula is C13H21ClN4O. The predicted octanol–water partition coefficient (Wildman–Crippen LogP) is 1.04. The number of hydrogen-bond acceptors (Lipinski definition) is 3. The van der Waals surface area contributed by atoms with Gasteiger partial charge in [-0.1, -0.05) is 6.42 Å². The van der Waals surface area contributed by atoms with Gasteiger partial charge in [-0.15, -0.1) is 12.4 Å². The first-order chi connectivity index (χ1) is 8.66. The summed E-state index contributed by atoms with van der Waals surface area (Å²) < 4.78 is 1.64. The molecule has 106 valence electrons. The van der Waals surface area contributed by atoms with E-state index in [0.717, 1.165) is 19.5 Å². The lowest BCUT2D eigenvalue weighted by molar-refractivity contribution is 0.0772. The van der Waals surface area contributed by atoms with Gasteiger partial charge in [-0.25, -0.2) is 0 Å². The third kappa shape index (κ3) is 2.49. The van der Waals surface area contributed by atoms with Crippen molar-refractivity contribution >= 4 is 18.3 Å². The van der Waals surface area contributed by atoms with Gasteiger partial charge in [0.25, 0.3) is 5.91 Å². The molecule has 0 aromatic carbocycles. The second-order valence-corrected chi connectivity index (χ2v) is 5.57. The topological polar surface area (TPSA) is 64.2 Å². The number of carbonyl (C=O) groups is 1. The van der Waals surface area contributed by atoms with E-state index in [4.69, 9.17) is 5.73 Å². The average molecular weight is 285 g/mol. The number of aryl methyl sites for hydroxylation is 1. The number of aromatic nitrogens is 2. The molecule has 0 bridgehead atoms. The Balaban J connectivity index is 0.00000133. The summed E-state index contributed by atoms with van der Waals surface area (Å²) in [6, 6.07) is 2.05. The van der Waals surface area contributed by atoms with Crippen LogP contribution in [0.2, 0.25) is 0 Å². The summed E-state index contributed by atoms with van der Waals surface area (Å²) in [5.74, 6) is 1.19. The van der Waals surface area contributed by atoms with E-state index in [1.165, 1.54) is 12.8 Å². The standard InChI is InChI=1S/C13H20N4O.ClH/c1-16-12(5-6-15-16)13(18)17-7-9-3-2-4-11(14)10(9)8-17;/h5-6,9-11H,2-4,7-8,14H2,1H3;1H. The van der Waals surface area contributed by atoms with E-state index < -0.39 is 0 Å². The summed E-state index contributed by atoms with van der Waals surface area (Å²) in [5, 5.41) is 4.06. The Bertz CT molecular complexity index is 461. The molecule has 6 heteroatoms. The largest absolute Gasteiger partial charge is 0.337 e. The van der Waals surface area contributed by atoms with Gasteiger partial charge in [-0.3, -0.25) is 9.48 Å². The van der Waals surface area contributed by atoms with Gasteiger partial charge in [0, 0.05) is 32.4 Å². The minimum Gasteiger partial charge on any atom is -0.337 e. The first-order valence-corrected chi connectivity index (χ1v) is 6.69. The van der Waals surface area contributed by atoms with Crippen molar-refractivity contribution in [2.75, 3.05) is 13.1 Å². The molecule has 0 spiro atoms. The van der Waals surface area contributed by atoms with E-state index in [-0.39, 0.29) is 24.4 Å². The van der Waals surface area contributed by atoms with Gasteiger partial charge in [0.05, 0.1) is 0 Å². The number of nitrogens with zero attached hydrogens (tertiary/aromatic N) is 3. The highest BCUT2D eigenvalue weighted by Crippen LogP contribution is 2.35. The third-order valence-corrected chi connectivity index (χ3v) is 4.48. The van der Waals surface area contributed by atoms with E-state index in [1.54, 1.807) is 16.9 Å². The van der Waals surface area contributed by atoms with Crippen LogP contribution >= 0.6 is 12.4 Å².